The van der Waals surface area contributed by atoms with Crippen LogP contribution in [-0.4, -0.2) is 83.5 Å². The summed E-state index contributed by atoms with van der Waals surface area (Å²) in [5.41, 5.74) is 6.77. The summed E-state index contributed by atoms with van der Waals surface area (Å²) < 4.78 is 16.5. The van der Waals surface area contributed by atoms with Crippen LogP contribution < -0.4 is 30.5 Å². The number of hydrogen-bond acceptors (Lipinski definition) is 9. The Bertz CT molecular complexity index is 2270. The Balaban J connectivity index is 1.10. The third kappa shape index (κ3) is 8.05. The highest BCUT2D eigenvalue weighted by Gasteiger charge is 2.37. The SMILES string of the molecule is CN[C@@H](C)CN[C@H]1CN(C(=O)CCNC(=O)OCC2c3ccccc3-c3ccccc32)c2ccccc2N(Cc2c(OC)ccc3cc(C(=O)OC)ccc23)C1=O. The number of carbonyl (C=O) groups excluding carboxylic acids is 4. The summed E-state index contributed by atoms with van der Waals surface area (Å²) in [6.07, 6.45) is -0.628. The maximum absolute atomic E-state index is 14.7. The van der Waals surface area contributed by atoms with Crippen molar-refractivity contribution >= 4 is 46.0 Å². The lowest BCUT2D eigenvalue weighted by atomic mass is 9.98. The second-order valence-electron chi connectivity index (χ2n) is 14.2. The van der Waals surface area contributed by atoms with Gasteiger partial charge in [0, 0.05) is 37.0 Å². The van der Waals surface area contributed by atoms with Gasteiger partial charge in [-0.2, -0.15) is 0 Å². The standard InChI is InChI=1S/C45H47N5O7/c1-28(46-2)24-48-38-26-49(42(51)21-22-47-45(54)57-27-37-34-13-7-5-11-32(34)33-12-6-8-14-35(33)37)39-15-9-10-16-40(39)50(43(38)52)25-36-31-19-17-30(44(53)56-4)23-29(31)18-20-41(36)55-3/h5-20,23,28,37-38,46,48H,21-22,24-27H2,1-4H3,(H,47,54)/t28-,38-/m0/s1. The molecule has 0 unspecified atom stereocenters. The van der Waals surface area contributed by atoms with Gasteiger partial charge in [0.15, 0.2) is 0 Å². The molecule has 0 bridgehead atoms. The fourth-order valence-electron chi connectivity index (χ4n) is 7.75. The first-order valence-electron chi connectivity index (χ1n) is 19.1. The zero-order valence-electron chi connectivity index (χ0n) is 32.5. The normalized spacial score (nSPS) is 15.3. The van der Waals surface area contributed by atoms with Crippen LogP contribution in [0.15, 0.2) is 103 Å². The molecule has 1 heterocycles. The van der Waals surface area contributed by atoms with Crippen molar-refractivity contribution in [2.24, 2.45) is 0 Å². The second kappa shape index (κ2) is 17.3. The lowest BCUT2D eigenvalue weighted by Crippen LogP contribution is -2.53. The van der Waals surface area contributed by atoms with Crippen LogP contribution in [0.25, 0.3) is 21.9 Å². The summed E-state index contributed by atoms with van der Waals surface area (Å²) in [7, 11) is 4.76. The number of ether oxygens (including phenoxy) is 3. The number of likely N-dealkylation sites (N-methyl/N-ethyl adjacent to an activating group) is 1. The number of rotatable bonds is 13. The first kappa shape index (κ1) is 39.0. The van der Waals surface area contributed by atoms with Gasteiger partial charge in [-0.15, -0.1) is 0 Å². The quantitative estimate of drug-likeness (QED) is 0.123. The number of methoxy groups -OCH3 is 2. The Morgan fingerprint density at radius 1 is 0.860 bits per heavy atom. The number of fused-ring (bicyclic) bond motifs is 5. The van der Waals surface area contributed by atoms with Crippen molar-refractivity contribution in [3.63, 3.8) is 0 Å². The van der Waals surface area contributed by atoms with E-state index in [4.69, 9.17) is 14.2 Å². The average molecular weight is 770 g/mol. The molecule has 5 aromatic rings. The van der Waals surface area contributed by atoms with Crippen LogP contribution in [0.3, 0.4) is 0 Å². The van der Waals surface area contributed by atoms with Gasteiger partial charge in [0.2, 0.25) is 11.8 Å². The number of hydrogen-bond donors (Lipinski definition) is 3. The minimum absolute atomic E-state index is 0.0218. The number of carbonyl (C=O) groups is 4. The second-order valence-corrected chi connectivity index (χ2v) is 14.2. The molecule has 3 amide bonds. The Kier molecular flexibility index (Phi) is 11.8. The third-order valence-corrected chi connectivity index (χ3v) is 10.9. The van der Waals surface area contributed by atoms with Crippen LogP contribution in [-0.2, 0) is 25.6 Å². The monoisotopic (exact) mass is 769 g/mol. The van der Waals surface area contributed by atoms with Crippen molar-refractivity contribution < 1.29 is 33.4 Å². The molecule has 12 nitrogen and oxygen atoms in total. The fourth-order valence-corrected chi connectivity index (χ4v) is 7.75. The van der Waals surface area contributed by atoms with Gasteiger partial charge < -0.3 is 40.0 Å². The molecule has 2 aliphatic rings. The molecule has 0 saturated heterocycles. The fraction of sp³-hybridized carbons (Fsp3) is 0.289. The molecule has 5 aromatic carbocycles. The van der Waals surface area contributed by atoms with Crippen molar-refractivity contribution in [3.05, 3.63) is 125 Å². The zero-order chi connectivity index (χ0) is 40.1. The molecule has 0 saturated carbocycles. The number of nitrogens with zero attached hydrogens (tertiary/aromatic N) is 2. The smallest absolute Gasteiger partial charge is 0.407 e. The highest BCUT2D eigenvalue weighted by molar-refractivity contribution is 6.08. The molecule has 294 valence electrons. The lowest BCUT2D eigenvalue weighted by molar-refractivity contribution is -0.120. The number of alkyl carbamates (subject to hydrolysis) is 1. The predicted molar refractivity (Wildman–Crippen MR) is 220 cm³/mol. The van der Waals surface area contributed by atoms with E-state index >= 15 is 0 Å². The third-order valence-electron chi connectivity index (χ3n) is 10.9. The molecular weight excluding hydrogens is 723 g/mol. The van der Waals surface area contributed by atoms with E-state index in [2.05, 4.69) is 40.2 Å². The van der Waals surface area contributed by atoms with Gasteiger partial charge in [-0.25, -0.2) is 9.59 Å². The predicted octanol–water partition coefficient (Wildman–Crippen LogP) is 6.01. The molecule has 1 aliphatic heterocycles. The Morgan fingerprint density at radius 3 is 2.23 bits per heavy atom. The number of benzene rings is 5. The molecule has 0 radical (unpaired) electrons. The summed E-state index contributed by atoms with van der Waals surface area (Å²) >= 11 is 0. The Morgan fingerprint density at radius 2 is 1.54 bits per heavy atom. The van der Waals surface area contributed by atoms with Gasteiger partial charge in [-0.05, 0) is 77.3 Å². The number of amides is 3. The van der Waals surface area contributed by atoms with Crippen LogP contribution >= 0.6 is 0 Å². The van der Waals surface area contributed by atoms with Crippen LogP contribution in [0.2, 0.25) is 0 Å². The van der Waals surface area contributed by atoms with E-state index in [9.17, 15) is 19.2 Å². The molecule has 2 atom stereocenters. The first-order chi connectivity index (χ1) is 27.7. The average Bonchev–Trinajstić information content (AvgIpc) is 3.51. The van der Waals surface area contributed by atoms with E-state index in [0.29, 0.717) is 29.2 Å². The number of anilines is 2. The topological polar surface area (TPSA) is 139 Å². The van der Waals surface area contributed by atoms with E-state index in [1.807, 2.05) is 80.7 Å². The number of esters is 1. The van der Waals surface area contributed by atoms with Gasteiger partial charge in [0.1, 0.15) is 18.4 Å². The molecule has 57 heavy (non-hydrogen) atoms. The van der Waals surface area contributed by atoms with Crippen molar-refractivity contribution in [2.45, 2.75) is 37.9 Å². The molecule has 0 spiro atoms. The maximum atomic E-state index is 14.7. The maximum Gasteiger partial charge on any atom is 0.407 e. The van der Waals surface area contributed by atoms with Crippen molar-refractivity contribution in [1.29, 1.82) is 0 Å². The van der Waals surface area contributed by atoms with E-state index in [1.165, 1.54) is 7.11 Å². The molecule has 0 aromatic heterocycles. The summed E-state index contributed by atoms with van der Waals surface area (Å²) in [6, 6.07) is 31.8. The van der Waals surface area contributed by atoms with Crippen LogP contribution in [0, 0.1) is 0 Å². The van der Waals surface area contributed by atoms with Gasteiger partial charge >= 0.3 is 12.1 Å². The molecule has 1 aliphatic carbocycles. The summed E-state index contributed by atoms with van der Waals surface area (Å²) in [5, 5.41) is 10.9. The van der Waals surface area contributed by atoms with Gasteiger partial charge in [0.05, 0.1) is 44.2 Å². The first-order valence-corrected chi connectivity index (χ1v) is 19.1. The Hall–Kier alpha value is -6.24. The van der Waals surface area contributed by atoms with Crippen LogP contribution in [0.5, 0.6) is 5.75 Å². The summed E-state index contributed by atoms with van der Waals surface area (Å²) in [4.78, 5) is 57.4. The minimum Gasteiger partial charge on any atom is -0.496 e. The summed E-state index contributed by atoms with van der Waals surface area (Å²) in [6.45, 7) is 2.87. The Labute approximate surface area is 332 Å². The molecule has 0 fully saturated rings. The highest BCUT2D eigenvalue weighted by Crippen LogP contribution is 2.44. The summed E-state index contributed by atoms with van der Waals surface area (Å²) in [5.74, 6) is -0.442. The molecule has 12 heteroatoms. The minimum atomic E-state index is -0.765. The van der Waals surface area contributed by atoms with E-state index in [1.54, 1.807) is 29.0 Å². The number of nitrogens with one attached hydrogen (secondary N) is 3. The van der Waals surface area contributed by atoms with E-state index in [0.717, 1.165) is 38.6 Å². The molecule has 3 N–H and O–H groups in total. The van der Waals surface area contributed by atoms with Crippen LogP contribution in [0.4, 0.5) is 16.2 Å². The molecule has 7 rings (SSSR count). The van der Waals surface area contributed by atoms with E-state index < -0.39 is 18.1 Å². The van der Waals surface area contributed by atoms with Crippen molar-refractivity contribution in [2.75, 3.05) is 57.3 Å². The van der Waals surface area contributed by atoms with Crippen molar-refractivity contribution in [1.82, 2.24) is 16.0 Å². The van der Waals surface area contributed by atoms with Crippen molar-refractivity contribution in [3.8, 4) is 16.9 Å². The lowest BCUT2D eigenvalue weighted by Gasteiger charge is -2.27. The molecular formula is C45H47N5O7. The van der Waals surface area contributed by atoms with Gasteiger partial charge in [-0.3, -0.25) is 9.59 Å². The van der Waals surface area contributed by atoms with Gasteiger partial charge in [0.25, 0.3) is 0 Å². The highest BCUT2D eigenvalue weighted by atomic mass is 16.5. The van der Waals surface area contributed by atoms with Crippen LogP contribution in [0.1, 0.15) is 46.3 Å². The number of para-hydroxylation sites is 2. The largest absolute Gasteiger partial charge is 0.496 e. The van der Waals surface area contributed by atoms with E-state index in [-0.39, 0.29) is 56.4 Å². The zero-order valence-corrected chi connectivity index (χ0v) is 32.5. The van der Waals surface area contributed by atoms with Gasteiger partial charge in [-0.1, -0.05) is 72.8 Å².